The number of hydrogen-bond donors (Lipinski definition) is 1. The molecule has 0 aliphatic rings. The SMILES string of the molecule is COc1ccc(-c2cccnc2C(=O)N(CCc2c[nH]c3ccc(F)cc23)C(C)C)cn1. The first kappa shape index (κ1) is 21.5. The van der Waals surface area contributed by atoms with Crippen LogP contribution in [0.25, 0.3) is 22.0 Å². The number of pyridine rings is 2. The molecule has 0 spiro atoms. The van der Waals surface area contributed by atoms with Crippen molar-refractivity contribution in [3.63, 3.8) is 0 Å². The summed E-state index contributed by atoms with van der Waals surface area (Å²) in [5.74, 6) is 0.0725. The van der Waals surface area contributed by atoms with E-state index in [0.717, 1.165) is 22.0 Å². The molecule has 0 saturated carbocycles. The molecule has 0 saturated heterocycles. The number of methoxy groups -OCH3 is 1. The number of amides is 1. The van der Waals surface area contributed by atoms with Crippen LogP contribution >= 0.6 is 0 Å². The Kier molecular flexibility index (Phi) is 6.16. The van der Waals surface area contributed by atoms with Gasteiger partial charge < -0.3 is 14.6 Å². The van der Waals surface area contributed by atoms with Crippen LogP contribution in [0.5, 0.6) is 5.88 Å². The number of carbonyl (C=O) groups excluding carboxylic acids is 1. The van der Waals surface area contributed by atoms with Gasteiger partial charge in [0.05, 0.1) is 7.11 Å². The summed E-state index contributed by atoms with van der Waals surface area (Å²) < 4.78 is 18.9. The van der Waals surface area contributed by atoms with Crippen molar-refractivity contribution in [1.29, 1.82) is 0 Å². The molecule has 0 radical (unpaired) electrons. The van der Waals surface area contributed by atoms with Crippen molar-refractivity contribution in [2.24, 2.45) is 0 Å². The molecule has 0 atom stereocenters. The monoisotopic (exact) mass is 432 g/mol. The number of ether oxygens (including phenoxy) is 1. The predicted octanol–water partition coefficient (Wildman–Crippen LogP) is 4.87. The highest BCUT2D eigenvalue weighted by molar-refractivity contribution is 5.99. The van der Waals surface area contributed by atoms with Crippen molar-refractivity contribution < 1.29 is 13.9 Å². The molecule has 0 fully saturated rings. The van der Waals surface area contributed by atoms with Crippen molar-refractivity contribution >= 4 is 16.8 Å². The first-order chi connectivity index (χ1) is 15.5. The van der Waals surface area contributed by atoms with E-state index in [4.69, 9.17) is 4.74 Å². The molecule has 1 N–H and O–H groups in total. The van der Waals surface area contributed by atoms with Gasteiger partial charge in [-0.15, -0.1) is 0 Å². The number of carbonyl (C=O) groups is 1. The van der Waals surface area contributed by atoms with Gasteiger partial charge in [-0.25, -0.2) is 9.37 Å². The van der Waals surface area contributed by atoms with E-state index < -0.39 is 0 Å². The van der Waals surface area contributed by atoms with Gasteiger partial charge >= 0.3 is 0 Å². The van der Waals surface area contributed by atoms with E-state index in [2.05, 4.69) is 15.0 Å². The summed E-state index contributed by atoms with van der Waals surface area (Å²) in [5, 5.41) is 0.837. The van der Waals surface area contributed by atoms with Crippen LogP contribution in [0.2, 0.25) is 0 Å². The molecule has 4 aromatic rings. The van der Waals surface area contributed by atoms with E-state index in [9.17, 15) is 9.18 Å². The van der Waals surface area contributed by atoms with Gasteiger partial charge in [-0.05, 0) is 56.2 Å². The Bertz CT molecular complexity index is 1230. The van der Waals surface area contributed by atoms with Gasteiger partial charge in [0, 0.05) is 59.3 Å². The Hall–Kier alpha value is -3.74. The second-order valence-corrected chi connectivity index (χ2v) is 7.83. The van der Waals surface area contributed by atoms with Crippen molar-refractivity contribution in [2.75, 3.05) is 13.7 Å². The average molecular weight is 432 g/mol. The maximum atomic E-state index is 13.7. The molecule has 3 aromatic heterocycles. The van der Waals surface area contributed by atoms with Crippen LogP contribution in [0.4, 0.5) is 4.39 Å². The minimum atomic E-state index is -0.277. The first-order valence-electron chi connectivity index (χ1n) is 10.5. The lowest BCUT2D eigenvalue weighted by molar-refractivity contribution is 0.0703. The number of hydrogen-bond acceptors (Lipinski definition) is 4. The number of H-pyrrole nitrogens is 1. The minimum Gasteiger partial charge on any atom is -0.481 e. The summed E-state index contributed by atoms with van der Waals surface area (Å²) in [6.45, 7) is 4.44. The maximum absolute atomic E-state index is 13.7. The number of fused-ring (bicyclic) bond motifs is 1. The highest BCUT2D eigenvalue weighted by Gasteiger charge is 2.23. The second-order valence-electron chi connectivity index (χ2n) is 7.83. The smallest absolute Gasteiger partial charge is 0.273 e. The standard InChI is InChI=1S/C25H25FN4O2/c1-16(2)30(12-10-18-14-28-22-8-7-19(26)13-21(18)22)25(31)24-20(5-4-11-27-24)17-6-9-23(32-3)29-15-17/h4-9,11,13-16,28H,10,12H2,1-3H3. The Labute approximate surface area is 186 Å². The van der Waals surface area contributed by atoms with Crippen molar-refractivity contribution in [3.05, 3.63) is 78.1 Å². The van der Waals surface area contributed by atoms with Gasteiger partial charge in [0.1, 0.15) is 11.5 Å². The minimum absolute atomic E-state index is 0.0340. The fourth-order valence-electron chi connectivity index (χ4n) is 3.80. The Morgan fingerprint density at radius 3 is 2.75 bits per heavy atom. The van der Waals surface area contributed by atoms with Crippen LogP contribution < -0.4 is 4.74 Å². The summed E-state index contributed by atoms with van der Waals surface area (Å²) >= 11 is 0. The highest BCUT2D eigenvalue weighted by atomic mass is 19.1. The third kappa shape index (κ3) is 4.32. The van der Waals surface area contributed by atoms with E-state index in [1.54, 1.807) is 42.6 Å². The quantitative estimate of drug-likeness (QED) is 0.452. The van der Waals surface area contributed by atoms with Gasteiger partial charge in [0.25, 0.3) is 5.91 Å². The van der Waals surface area contributed by atoms with Crippen LogP contribution in [-0.2, 0) is 6.42 Å². The zero-order chi connectivity index (χ0) is 22.7. The molecule has 6 nitrogen and oxygen atoms in total. The van der Waals surface area contributed by atoms with Gasteiger partial charge in [-0.1, -0.05) is 6.07 Å². The van der Waals surface area contributed by atoms with Crippen LogP contribution in [0.1, 0.15) is 29.9 Å². The molecule has 0 aliphatic heterocycles. The van der Waals surface area contributed by atoms with Gasteiger partial charge in [0.15, 0.2) is 0 Å². The zero-order valence-corrected chi connectivity index (χ0v) is 18.3. The third-order valence-corrected chi connectivity index (χ3v) is 5.50. The lowest BCUT2D eigenvalue weighted by Gasteiger charge is -2.27. The van der Waals surface area contributed by atoms with E-state index >= 15 is 0 Å². The summed E-state index contributed by atoms with van der Waals surface area (Å²) in [4.78, 5) is 27.1. The zero-order valence-electron chi connectivity index (χ0n) is 18.3. The first-order valence-corrected chi connectivity index (χ1v) is 10.5. The molecular weight excluding hydrogens is 407 g/mol. The molecule has 0 bridgehead atoms. The molecule has 164 valence electrons. The third-order valence-electron chi connectivity index (χ3n) is 5.50. The topological polar surface area (TPSA) is 71.1 Å². The fourth-order valence-corrected chi connectivity index (χ4v) is 3.80. The van der Waals surface area contributed by atoms with E-state index in [1.165, 1.54) is 12.1 Å². The van der Waals surface area contributed by atoms with Gasteiger partial charge in [0.2, 0.25) is 5.88 Å². The molecule has 4 rings (SSSR count). The van der Waals surface area contributed by atoms with Gasteiger partial charge in [-0.2, -0.15) is 0 Å². The number of nitrogens with one attached hydrogen (secondary N) is 1. The lowest BCUT2D eigenvalue weighted by atomic mass is 10.0. The van der Waals surface area contributed by atoms with E-state index in [-0.39, 0.29) is 17.8 Å². The van der Waals surface area contributed by atoms with Crippen LogP contribution in [-0.4, -0.2) is 45.5 Å². The summed E-state index contributed by atoms with van der Waals surface area (Å²) in [6.07, 6.45) is 5.77. The van der Waals surface area contributed by atoms with Crippen LogP contribution in [0, 0.1) is 5.82 Å². The summed E-state index contributed by atoms with van der Waals surface area (Å²) in [7, 11) is 1.56. The molecule has 1 amide bonds. The Morgan fingerprint density at radius 1 is 1.19 bits per heavy atom. The summed E-state index contributed by atoms with van der Waals surface area (Å²) in [6, 6.07) is 11.9. The normalized spacial score (nSPS) is 11.2. The number of benzene rings is 1. The number of rotatable bonds is 7. The number of aromatic amines is 1. The van der Waals surface area contributed by atoms with Crippen molar-refractivity contribution in [3.8, 4) is 17.0 Å². The molecule has 0 unspecified atom stereocenters. The van der Waals surface area contributed by atoms with Crippen molar-refractivity contribution in [1.82, 2.24) is 19.9 Å². The lowest BCUT2D eigenvalue weighted by Crippen LogP contribution is -2.39. The Morgan fingerprint density at radius 2 is 2.03 bits per heavy atom. The van der Waals surface area contributed by atoms with Crippen LogP contribution in [0.15, 0.2) is 61.1 Å². The highest BCUT2D eigenvalue weighted by Crippen LogP contribution is 2.25. The number of nitrogens with zero attached hydrogens (tertiary/aromatic N) is 3. The fraction of sp³-hybridized carbons (Fsp3) is 0.240. The maximum Gasteiger partial charge on any atom is 0.273 e. The number of halogens is 1. The van der Waals surface area contributed by atoms with E-state index in [0.29, 0.717) is 30.1 Å². The molecule has 7 heteroatoms. The summed E-state index contributed by atoms with van der Waals surface area (Å²) in [5.41, 5.74) is 3.73. The average Bonchev–Trinajstić information content (AvgIpc) is 3.21. The van der Waals surface area contributed by atoms with Crippen LogP contribution in [0.3, 0.4) is 0 Å². The van der Waals surface area contributed by atoms with Crippen molar-refractivity contribution in [2.45, 2.75) is 26.3 Å². The molecule has 3 heterocycles. The van der Waals surface area contributed by atoms with E-state index in [1.807, 2.05) is 32.2 Å². The molecular formula is C25H25FN4O2. The number of aromatic nitrogens is 3. The Balaban J connectivity index is 1.60. The predicted molar refractivity (Wildman–Crippen MR) is 122 cm³/mol. The molecule has 0 aliphatic carbocycles. The molecule has 1 aromatic carbocycles. The second kappa shape index (κ2) is 9.18. The molecule has 32 heavy (non-hydrogen) atoms. The largest absolute Gasteiger partial charge is 0.481 e. The van der Waals surface area contributed by atoms with Gasteiger partial charge in [-0.3, -0.25) is 9.78 Å².